The number of aromatic nitrogens is 1. The molecule has 0 atom stereocenters. The first-order valence-electron chi connectivity index (χ1n) is 7.01. The molecule has 2 aromatic carbocycles. The van der Waals surface area contributed by atoms with Gasteiger partial charge in [-0.05, 0) is 30.3 Å². The highest BCUT2D eigenvalue weighted by atomic mass is 35.5. The van der Waals surface area contributed by atoms with Crippen LogP contribution in [-0.2, 0) is 0 Å². The molecule has 4 nitrogen and oxygen atoms in total. The van der Waals surface area contributed by atoms with Gasteiger partial charge in [-0.2, -0.15) is 0 Å². The molecule has 0 saturated heterocycles. The molecule has 0 spiro atoms. The third-order valence-electron chi connectivity index (χ3n) is 3.45. The van der Waals surface area contributed by atoms with Crippen LogP contribution in [0.5, 0.6) is 0 Å². The summed E-state index contributed by atoms with van der Waals surface area (Å²) in [5, 5.41) is 5.33. The van der Waals surface area contributed by atoms with Crippen LogP contribution in [0.4, 0.5) is 5.13 Å². The van der Waals surface area contributed by atoms with Crippen LogP contribution >= 0.6 is 22.9 Å². The number of carbonyl (C=O) groups is 1. The molecular weight excluding hydrogens is 332 g/mol. The lowest BCUT2D eigenvalue weighted by molar-refractivity contribution is 0.0982. The van der Waals surface area contributed by atoms with Crippen molar-refractivity contribution >= 4 is 55.0 Å². The van der Waals surface area contributed by atoms with E-state index in [1.165, 1.54) is 11.3 Å². The zero-order valence-electron chi connectivity index (χ0n) is 11.9. The molecule has 23 heavy (non-hydrogen) atoms. The van der Waals surface area contributed by atoms with Crippen LogP contribution in [0.25, 0.3) is 21.2 Å². The maximum Gasteiger partial charge on any atom is 0.217 e. The van der Waals surface area contributed by atoms with Gasteiger partial charge in [0, 0.05) is 10.4 Å². The van der Waals surface area contributed by atoms with Crippen molar-refractivity contribution in [3.05, 3.63) is 59.3 Å². The number of furan rings is 1. The number of nitrogens with zero attached hydrogens (tertiary/aromatic N) is 1. The summed E-state index contributed by atoms with van der Waals surface area (Å²) in [5.41, 5.74) is 1.57. The van der Waals surface area contributed by atoms with Gasteiger partial charge in [-0.1, -0.05) is 41.1 Å². The zero-order chi connectivity index (χ0) is 15.8. The van der Waals surface area contributed by atoms with Crippen LogP contribution in [-0.4, -0.2) is 17.3 Å². The Labute approximate surface area is 140 Å². The third-order valence-corrected chi connectivity index (χ3v) is 4.66. The number of ketones is 1. The SMILES string of the molecule is O=C(CNc1nc2ccc(Cl)cc2s1)c1cc2ccccc2o1. The van der Waals surface area contributed by atoms with E-state index in [4.69, 9.17) is 16.0 Å². The molecule has 4 aromatic rings. The molecule has 1 N–H and O–H groups in total. The van der Waals surface area contributed by atoms with Crippen molar-refractivity contribution in [1.29, 1.82) is 0 Å². The van der Waals surface area contributed by atoms with E-state index in [1.807, 2.05) is 36.4 Å². The number of halogens is 1. The predicted octanol–water partition coefficient (Wildman–Crippen LogP) is 4.99. The minimum absolute atomic E-state index is 0.113. The standard InChI is InChI=1S/C17H11ClN2O2S/c18-11-5-6-12-16(8-11)23-17(20-12)19-9-13(21)15-7-10-3-1-2-4-14(10)22-15/h1-8H,9H2,(H,19,20). The lowest BCUT2D eigenvalue weighted by Crippen LogP contribution is -2.12. The molecule has 0 aliphatic carbocycles. The molecular formula is C17H11ClN2O2S. The molecule has 0 aliphatic rings. The number of Topliss-reactive ketones (excluding diaryl/α,β-unsaturated/α-hetero) is 1. The Kier molecular flexibility index (Phi) is 3.52. The van der Waals surface area contributed by atoms with Crippen LogP contribution in [0.15, 0.2) is 52.9 Å². The summed E-state index contributed by atoms with van der Waals surface area (Å²) in [4.78, 5) is 16.7. The molecule has 0 aliphatic heterocycles. The second-order valence-corrected chi connectivity index (χ2v) is 6.52. The Morgan fingerprint density at radius 1 is 1.22 bits per heavy atom. The molecule has 2 heterocycles. The fourth-order valence-corrected chi connectivity index (χ4v) is 3.47. The van der Waals surface area contributed by atoms with Crippen LogP contribution in [0.1, 0.15) is 10.6 Å². The van der Waals surface area contributed by atoms with Crippen molar-refractivity contribution in [2.24, 2.45) is 0 Å². The van der Waals surface area contributed by atoms with Gasteiger partial charge in [0.25, 0.3) is 0 Å². The average Bonchev–Trinajstić information content (AvgIpc) is 3.15. The molecule has 0 amide bonds. The number of anilines is 1. The fourth-order valence-electron chi connectivity index (χ4n) is 2.34. The lowest BCUT2D eigenvalue weighted by Gasteiger charge is -1.98. The molecule has 0 saturated carbocycles. The normalized spacial score (nSPS) is 11.2. The van der Waals surface area contributed by atoms with Crippen molar-refractivity contribution < 1.29 is 9.21 Å². The molecule has 0 radical (unpaired) electrons. The van der Waals surface area contributed by atoms with Crippen molar-refractivity contribution in [3.63, 3.8) is 0 Å². The largest absolute Gasteiger partial charge is 0.453 e. The monoisotopic (exact) mass is 342 g/mol. The molecule has 2 aromatic heterocycles. The second-order valence-electron chi connectivity index (χ2n) is 5.06. The van der Waals surface area contributed by atoms with Gasteiger partial charge in [0.05, 0.1) is 16.8 Å². The van der Waals surface area contributed by atoms with E-state index < -0.39 is 0 Å². The first-order valence-corrected chi connectivity index (χ1v) is 8.20. The van der Waals surface area contributed by atoms with E-state index in [2.05, 4.69) is 10.3 Å². The zero-order valence-corrected chi connectivity index (χ0v) is 13.4. The predicted molar refractivity (Wildman–Crippen MR) is 93.7 cm³/mol. The minimum atomic E-state index is -0.113. The van der Waals surface area contributed by atoms with Crippen LogP contribution in [0.3, 0.4) is 0 Å². The fraction of sp³-hybridized carbons (Fsp3) is 0.0588. The summed E-state index contributed by atoms with van der Waals surface area (Å²) in [5.74, 6) is 0.237. The Hall–Kier alpha value is -2.37. The maximum absolute atomic E-state index is 12.3. The molecule has 0 unspecified atom stereocenters. The van der Waals surface area contributed by atoms with Gasteiger partial charge in [0.15, 0.2) is 10.9 Å². The van der Waals surface area contributed by atoms with E-state index in [0.717, 1.165) is 15.6 Å². The van der Waals surface area contributed by atoms with E-state index in [9.17, 15) is 4.79 Å². The minimum Gasteiger partial charge on any atom is -0.453 e. The van der Waals surface area contributed by atoms with Gasteiger partial charge >= 0.3 is 0 Å². The molecule has 0 fully saturated rings. The summed E-state index contributed by atoms with van der Waals surface area (Å²) in [6, 6.07) is 14.8. The molecule has 4 rings (SSSR count). The summed E-state index contributed by atoms with van der Waals surface area (Å²) in [6.45, 7) is 0.132. The van der Waals surface area contributed by atoms with Crippen molar-refractivity contribution in [3.8, 4) is 0 Å². The highest BCUT2D eigenvalue weighted by molar-refractivity contribution is 7.22. The second kappa shape index (κ2) is 5.68. The summed E-state index contributed by atoms with van der Waals surface area (Å²) < 4.78 is 6.55. The van der Waals surface area contributed by atoms with E-state index in [0.29, 0.717) is 21.5 Å². The summed E-state index contributed by atoms with van der Waals surface area (Å²) in [7, 11) is 0. The highest BCUT2D eigenvalue weighted by Gasteiger charge is 2.13. The van der Waals surface area contributed by atoms with E-state index in [1.54, 1.807) is 12.1 Å². The third kappa shape index (κ3) is 2.81. The van der Waals surface area contributed by atoms with Gasteiger partial charge in [0.2, 0.25) is 5.78 Å². The average molecular weight is 343 g/mol. The van der Waals surface area contributed by atoms with Crippen molar-refractivity contribution in [1.82, 2.24) is 4.98 Å². The lowest BCUT2D eigenvalue weighted by atomic mass is 10.2. The quantitative estimate of drug-likeness (QED) is 0.531. The molecule has 6 heteroatoms. The van der Waals surface area contributed by atoms with Crippen molar-refractivity contribution in [2.45, 2.75) is 0 Å². The van der Waals surface area contributed by atoms with E-state index in [-0.39, 0.29) is 12.3 Å². The topological polar surface area (TPSA) is 55.1 Å². The van der Waals surface area contributed by atoms with Crippen LogP contribution in [0.2, 0.25) is 5.02 Å². The van der Waals surface area contributed by atoms with E-state index >= 15 is 0 Å². The van der Waals surface area contributed by atoms with Gasteiger partial charge in [0.1, 0.15) is 5.58 Å². The maximum atomic E-state index is 12.3. The number of hydrogen-bond acceptors (Lipinski definition) is 5. The van der Waals surface area contributed by atoms with Crippen LogP contribution < -0.4 is 5.32 Å². The first kappa shape index (κ1) is 14.2. The highest BCUT2D eigenvalue weighted by Crippen LogP contribution is 2.28. The van der Waals surface area contributed by atoms with Gasteiger partial charge in [-0.3, -0.25) is 4.79 Å². The number of thiazole rings is 1. The number of fused-ring (bicyclic) bond motifs is 2. The Morgan fingerprint density at radius 3 is 2.96 bits per heavy atom. The van der Waals surface area contributed by atoms with Gasteiger partial charge in [-0.25, -0.2) is 4.98 Å². The summed E-state index contributed by atoms with van der Waals surface area (Å²) in [6.07, 6.45) is 0. The van der Waals surface area contributed by atoms with Gasteiger partial charge < -0.3 is 9.73 Å². The number of rotatable bonds is 4. The number of nitrogens with one attached hydrogen (secondary N) is 1. The summed E-state index contributed by atoms with van der Waals surface area (Å²) >= 11 is 7.43. The number of hydrogen-bond donors (Lipinski definition) is 1. The Bertz CT molecular complexity index is 989. The first-order chi connectivity index (χ1) is 11.2. The number of para-hydroxylation sites is 1. The van der Waals surface area contributed by atoms with Crippen molar-refractivity contribution in [2.75, 3.05) is 11.9 Å². The molecule has 114 valence electrons. The number of benzene rings is 2. The Balaban J connectivity index is 1.51. The Morgan fingerprint density at radius 2 is 2.09 bits per heavy atom. The van der Waals surface area contributed by atoms with Gasteiger partial charge in [-0.15, -0.1) is 0 Å². The van der Waals surface area contributed by atoms with Crippen LogP contribution in [0, 0.1) is 0 Å². The number of carbonyl (C=O) groups excluding carboxylic acids is 1. The smallest absolute Gasteiger partial charge is 0.217 e. The molecule has 0 bridgehead atoms.